The van der Waals surface area contributed by atoms with Crippen LogP contribution in [0.3, 0.4) is 0 Å². The van der Waals surface area contributed by atoms with Crippen molar-refractivity contribution < 1.29 is 9.53 Å². The Labute approximate surface area is 217 Å². The number of pyridine rings is 1. The van der Waals surface area contributed by atoms with Gasteiger partial charge in [-0.3, -0.25) is 9.78 Å². The summed E-state index contributed by atoms with van der Waals surface area (Å²) in [6, 6.07) is 15.8. The fourth-order valence-electron chi connectivity index (χ4n) is 4.06. The number of ether oxygens (including phenoxy) is 1. The van der Waals surface area contributed by atoms with Gasteiger partial charge in [0.1, 0.15) is 11.8 Å². The van der Waals surface area contributed by atoms with Crippen molar-refractivity contribution in [3.8, 4) is 17.1 Å². The van der Waals surface area contributed by atoms with Crippen LogP contribution in [0.25, 0.3) is 11.4 Å². The standard InChI is InChI=1S/C26H22Cl2N6O2/c1-3-36-19-9-6-16(7-10-19)24-32-26-30-15(2)22(25(35)31-18-5-4-12-29-14-18)23(34(26)33-24)17-8-11-20(27)21(28)13-17/h4-14,23H,3H2,1-2H3,(H,31,35)(H,30,32,33). The van der Waals surface area contributed by atoms with Crippen LogP contribution in [-0.4, -0.2) is 32.3 Å². The highest BCUT2D eigenvalue weighted by molar-refractivity contribution is 6.42. The smallest absolute Gasteiger partial charge is 0.255 e. The third kappa shape index (κ3) is 4.65. The maximum atomic E-state index is 13.5. The molecule has 0 bridgehead atoms. The number of benzene rings is 2. The maximum Gasteiger partial charge on any atom is 0.255 e. The average molecular weight is 521 g/mol. The van der Waals surface area contributed by atoms with E-state index < -0.39 is 6.04 Å². The number of nitrogens with zero attached hydrogens (tertiary/aromatic N) is 4. The van der Waals surface area contributed by atoms with Gasteiger partial charge in [-0.25, -0.2) is 4.68 Å². The van der Waals surface area contributed by atoms with E-state index in [-0.39, 0.29) is 5.91 Å². The summed E-state index contributed by atoms with van der Waals surface area (Å²) < 4.78 is 7.23. The molecule has 2 aromatic heterocycles. The van der Waals surface area contributed by atoms with Crippen LogP contribution >= 0.6 is 23.2 Å². The van der Waals surface area contributed by atoms with Gasteiger partial charge in [0.25, 0.3) is 5.91 Å². The number of rotatable bonds is 6. The van der Waals surface area contributed by atoms with Gasteiger partial charge in [-0.1, -0.05) is 29.3 Å². The predicted molar refractivity (Wildman–Crippen MR) is 140 cm³/mol. The lowest BCUT2D eigenvalue weighted by molar-refractivity contribution is -0.113. The van der Waals surface area contributed by atoms with Crippen LogP contribution in [0.5, 0.6) is 5.75 Å². The van der Waals surface area contributed by atoms with Gasteiger partial charge >= 0.3 is 0 Å². The lowest BCUT2D eigenvalue weighted by Crippen LogP contribution is -2.31. The maximum absolute atomic E-state index is 13.5. The summed E-state index contributed by atoms with van der Waals surface area (Å²) in [4.78, 5) is 22.3. The molecule has 1 amide bonds. The molecule has 1 aliphatic heterocycles. The van der Waals surface area contributed by atoms with Gasteiger partial charge in [-0.2, -0.15) is 4.98 Å². The molecule has 5 rings (SSSR count). The second kappa shape index (κ2) is 10.0. The van der Waals surface area contributed by atoms with E-state index in [0.717, 1.165) is 16.9 Å². The first-order valence-corrected chi connectivity index (χ1v) is 12.0. The van der Waals surface area contributed by atoms with E-state index in [2.05, 4.69) is 15.6 Å². The largest absolute Gasteiger partial charge is 0.494 e. The molecule has 0 saturated carbocycles. The lowest BCUT2D eigenvalue weighted by Gasteiger charge is -2.28. The van der Waals surface area contributed by atoms with Crippen LogP contribution in [0.4, 0.5) is 11.6 Å². The zero-order chi connectivity index (χ0) is 25.2. The molecule has 1 aliphatic rings. The molecule has 0 saturated heterocycles. The zero-order valence-electron chi connectivity index (χ0n) is 19.5. The van der Waals surface area contributed by atoms with Gasteiger partial charge in [-0.05, 0) is 67.9 Å². The van der Waals surface area contributed by atoms with E-state index >= 15 is 0 Å². The Bertz CT molecular complexity index is 1450. The highest BCUT2D eigenvalue weighted by atomic mass is 35.5. The Morgan fingerprint density at radius 2 is 1.94 bits per heavy atom. The molecule has 0 radical (unpaired) electrons. The van der Waals surface area contributed by atoms with Gasteiger partial charge in [0.15, 0.2) is 5.82 Å². The average Bonchev–Trinajstić information content (AvgIpc) is 3.29. The lowest BCUT2D eigenvalue weighted by atomic mass is 9.95. The Morgan fingerprint density at radius 1 is 1.14 bits per heavy atom. The Kier molecular flexibility index (Phi) is 6.63. The minimum Gasteiger partial charge on any atom is -0.494 e. The number of nitrogens with one attached hydrogen (secondary N) is 2. The quantitative estimate of drug-likeness (QED) is 0.325. The van der Waals surface area contributed by atoms with Crippen molar-refractivity contribution in [3.05, 3.63) is 93.9 Å². The molecule has 0 aliphatic carbocycles. The molecule has 0 fully saturated rings. The SMILES string of the molecule is CCOc1ccc(-c2nc3n(n2)C(c2ccc(Cl)c(Cl)c2)C(C(=O)Nc2cccnc2)=C(C)N3)cc1. The first kappa shape index (κ1) is 23.8. The van der Waals surface area contributed by atoms with E-state index in [1.807, 2.05) is 44.2 Å². The van der Waals surface area contributed by atoms with Crippen LogP contribution < -0.4 is 15.4 Å². The summed E-state index contributed by atoms with van der Waals surface area (Å²) in [7, 11) is 0. The molecule has 0 spiro atoms. The molecule has 1 unspecified atom stereocenters. The van der Waals surface area contributed by atoms with Gasteiger partial charge in [-0.15, -0.1) is 5.10 Å². The van der Waals surface area contributed by atoms with E-state index in [9.17, 15) is 4.79 Å². The van der Waals surface area contributed by atoms with Crippen LogP contribution in [0.1, 0.15) is 25.5 Å². The van der Waals surface area contributed by atoms with Gasteiger partial charge in [0.05, 0.1) is 34.1 Å². The number of anilines is 2. The third-order valence-corrected chi connectivity index (χ3v) is 6.44. The fourth-order valence-corrected chi connectivity index (χ4v) is 4.37. The Morgan fingerprint density at radius 3 is 2.64 bits per heavy atom. The molecule has 4 aromatic rings. The molecule has 10 heteroatoms. The zero-order valence-corrected chi connectivity index (χ0v) is 21.0. The monoisotopic (exact) mass is 520 g/mol. The van der Waals surface area contributed by atoms with E-state index in [0.29, 0.717) is 45.4 Å². The summed E-state index contributed by atoms with van der Waals surface area (Å²) in [6.45, 7) is 4.35. The molecular weight excluding hydrogens is 499 g/mol. The number of hydrogen-bond donors (Lipinski definition) is 2. The topological polar surface area (TPSA) is 94.0 Å². The third-order valence-electron chi connectivity index (χ3n) is 5.70. The highest BCUT2D eigenvalue weighted by Crippen LogP contribution is 2.38. The number of carbonyl (C=O) groups excluding carboxylic acids is 1. The highest BCUT2D eigenvalue weighted by Gasteiger charge is 2.35. The number of amides is 1. The number of halogens is 2. The van der Waals surface area contributed by atoms with Crippen molar-refractivity contribution in [1.82, 2.24) is 19.7 Å². The molecular formula is C26H22Cl2N6O2. The summed E-state index contributed by atoms with van der Waals surface area (Å²) in [5.74, 6) is 1.48. The second-order valence-electron chi connectivity index (χ2n) is 8.10. The molecule has 8 nitrogen and oxygen atoms in total. The summed E-state index contributed by atoms with van der Waals surface area (Å²) in [5, 5.41) is 11.7. The minimum absolute atomic E-state index is 0.298. The number of hydrogen-bond acceptors (Lipinski definition) is 6. The van der Waals surface area contributed by atoms with Crippen molar-refractivity contribution in [2.24, 2.45) is 0 Å². The van der Waals surface area contributed by atoms with Crippen molar-refractivity contribution in [2.75, 3.05) is 17.2 Å². The summed E-state index contributed by atoms with van der Waals surface area (Å²) in [5.41, 5.74) is 3.24. The van der Waals surface area contributed by atoms with Crippen molar-refractivity contribution in [1.29, 1.82) is 0 Å². The van der Waals surface area contributed by atoms with Gasteiger partial charge < -0.3 is 15.4 Å². The van der Waals surface area contributed by atoms with Crippen LogP contribution in [-0.2, 0) is 4.79 Å². The van der Waals surface area contributed by atoms with Gasteiger partial charge in [0, 0.05) is 17.5 Å². The molecule has 1 atom stereocenters. The first-order valence-electron chi connectivity index (χ1n) is 11.3. The Balaban J connectivity index is 1.58. The van der Waals surface area contributed by atoms with Crippen LogP contribution in [0.2, 0.25) is 10.0 Å². The molecule has 182 valence electrons. The number of fused-ring (bicyclic) bond motifs is 1. The molecule has 2 aromatic carbocycles. The van der Waals surface area contributed by atoms with Crippen molar-refractivity contribution >= 4 is 40.7 Å². The molecule has 36 heavy (non-hydrogen) atoms. The Hall–Kier alpha value is -3.88. The second-order valence-corrected chi connectivity index (χ2v) is 8.91. The van der Waals surface area contributed by atoms with Crippen molar-refractivity contribution in [2.45, 2.75) is 19.9 Å². The minimum atomic E-state index is -0.600. The fraction of sp³-hybridized carbons (Fsp3) is 0.154. The predicted octanol–water partition coefficient (Wildman–Crippen LogP) is 5.97. The van der Waals surface area contributed by atoms with E-state index in [4.69, 9.17) is 38.0 Å². The molecule has 3 heterocycles. The van der Waals surface area contributed by atoms with E-state index in [1.165, 1.54) is 0 Å². The van der Waals surface area contributed by atoms with E-state index in [1.54, 1.807) is 41.3 Å². The van der Waals surface area contributed by atoms with Crippen molar-refractivity contribution in [3.63, 3.8) is 0 Å². The summed E-state index contributed by atoms with van der Waals surface area (Å²) >= 11 is 12.6. The summed E-state index contributed by atoms with van der Waals surface area (Å²) in [6.07, 6.45) is 3.23. The number of aromatic nitrogens is 4. The number of carbonyl (C=O) groups is 1. The van der Waals surface area contributed by atoms with Crippen LogP contribution in [0, 0.1) is 0 Å². The molecule has 2 N–H and O–H groups in total. The van der Waals surface area contributed by atoms with Crippen LogP contribution in [0.15, 0.2) is 78.3 Å². The number of allylic oxidation sites excluding steroid dienone is 1. The van der Waals surface area contributed by atoms with Gasteiger partial charge in [0.2, 0.25) is 5.95 Å². The normalized spacial score (nSPS) is 14.7. The first-order chi connectivity index (χ1) is 17.4.